The number of nitrogens with zero attached hydrogens (tertiary/aromatic N) is 5. The van der Waals surface area contributed by atoms with Crippen LogP contribution in [0.25, 0.3) is 21.8 Å². The average molecular weight is 858 g/mol. The van der Waals surface area contributed by atoms with Crippen LogP contribution < -0.4 is 15.1 Å². The quantitative estimate of drug-likeness (QED) is 0.177. The maximum atomic E-state index is 13.3. The highest BCUT2D eigenvalue weighted by molar-refractivity contribution is 7.92. The Morgan fingerprint density at radius 3 is 1.44 bits per heavy atom. The Morgan fingerprint density at radius 2 is 1.02 bits per heavy atom. The van der Waals surface area contributed by atoms with Crippen molar-refractivity contribution in [1.82, 2.24) is 30.6 Å². The van der Waals surface area contributed by atoms with Gasteiger partial charge >= 0.3 is 6.09 Å². The van der Waals surface area contributed by atoms with E-state index in [1.165, 1.54) is 0 Å². The Labute approximate surface area is 344 Å². The molecule has 1 amide bonds. The molecule has 304 valence electrons. The number of aromatic amines is 2. The van der Waals surface area contributed by atoms with Gasteiger partial charge in [0.1, 0.15) is 5.60 Å². The molecule has 0 bridgehead atoms. The highest BCUT2D eigenvalue weighted by atomic mass is 35.5. The molecular weight excluding hydrogens is 812 g/mol. The Bertz CT molecular complexity index is 2520. The topological polar surface area (TPSA) is 174 Å². The van der Waals surface area contributed by atoms with Gasteiger partial charge in [-0.25, -0.2) is 21.6 Å². The number of hydrogen-bond donors (Lipinski definition) is 3. The normalized spacial score (nSPS) is 15.0. The van der Waals surface area contributed by atoms with Gasteiger partial charge in [-0.1, -0.05) is 48.5 Å². The molecule has 57 heavy (non-hydrogen) atoms. The summed E-state index contributed by atoms with van der Waals surface area (Å²) in [7, 11) is -7.40. The van der Waals surface area contributed by atoms with Crippen LogP contribution in [-0.2, 0) is 24.4 Å². The zero-order chi connectivity index (χ0) is 38.8. The molecule has 4 heterocycles. The summed E-state index contributed by atoms with van der Waals surface area (Å²) in [6.07, 6.45) is -0.332. The van der Waals surface area contributed by atoms with E-state index in [0.29, 0.717) is 48.0 Å². The van der Waals surface area contributed by atoms with Crippen molar-refractivity contribution in [2.24, 2.45) is 0 Å². The van der Waals surface area contributed by atoms with Gasteiger partial charge in [0.15, 0.2) is 10.1 Å². The van der Waals surface area contributed by atoms with Crippen LogP contribution in [-0.4, -0.2) is 106 Å². The molecule has 0 aliphatic carbocycles. The van der Waals surface area contributed by atoms with Crippen LogP contribution in [0.2, 0.25) is 0 Å². The molecule has 6 aromatic rings. The van der Waals surface area contributed by atoms with Crippen LogP contribution in [0, 0.1) is 0 Å². The minimum atomic E-state index is -3.76. The molecule has 18 heteroatoms. The van der Waals surface area contributed by atoms with Gasteiger partial charge in [-0.15, -0.1) is 24.8 Å². The second kappa shape index (κ2) is 17.7. The summed E-state index contributed by atoms with van der Waals surface area (Å²) in [5, 5.41) is 18.7. The summed E-state index contributed by atoms with van der Waals surface area (Å²) in [5.74, 6) is 0. The molecule has 4 aromatic carbocycles. The number of benzene rings is 4. The summed E-state index contributed by atoms with van der Waals surface area (Å²) in [5.41, 5.74) is 2.40. The van der Waals surface area contributed by atoms with Gasteiger partial charge in [-0.05, 0) is 69.3 Å². The molecule has 2 fully saturated rings. The molecule has 0 atom stereocenters. The van der Waals surface area contributed by atoms with E-state index in [4.69, 9.17) is 4.74 Å². The third-order valence-corrected chi connectivity index (χ3v) is 12.9. The third kappa shape index (κ3) is 9.15. The largest absolute Gasteiger partial charge is 0.444 e. The number of rotatable bonds is 6. The lowest BCUT2D eigenvalue weighted by Crippen LogP contribution is -2.50. The highest BCUT2D eigenvalue weighted by Crippen LogP contribution is 2.35. The van der Waals surface area contributed by atoms with Gasteiger partial charge in [0.25, 0.3) is 0 Å². The predicted octanol–water partition coefficient (Wildman–Crippen LogP) is 6.10. The first kappa shape index (κ1) is 43.3. The number of hydrogen-bond acceptors (Lipinski definition) is 11. The molecule has 14 nitrogen and oxygen atoms in total. The van der Waals surface area contributed by atoms with Crippen LogP contribution in [0.5, 0.6) is 0 Å². The molecule has 2 aliphatic heterocycles. The first-order chi connectivity index (χ1) is 26.3. The second-order valence-electron chi connectivity index (χ2n) is 14.3. The van der Waals surface area contributed by atoms with Crippen molar-refractivity contribution in [2.75, 3.05) is 62.2 Å². The molecule has 2 saturated heterocycles. The van der Waals surface area contributed by atoms with E-state index in [9.17, 15) is 21.6 Å². The van der Waals surface area contributed by atoms with E-state index < -0.39 is 25.3 Å². The molecule has 2 aliphatic rings. The number of nitrogens with one attached hydrogen (secondary N) is 3. The molecule has 8 rings (SSSR count). The van der Waals surface area contributed by atoms with Gasteiger partial charge in [-0.3, -0.25) is 10.2 Å². The summed E-state index contributed by atoms with van der Waals surface area (Å²) in [4.78, 5) is 18.8. The number of carbonyl (C=O) groups is 1. The van der Waals surface area contributed by atoms with E-state index >= 15 is 0 Å². The first-order valence-electron chi connectivity index (χ1n) is 18.1. The summed E-state index contributed by atoms with van der Waals surface area (Å²) in [6.45, 7) is 11.1. The number of H-pyrrole nitrogens is 2. The zero-order valence-corrected chi connectivity index (χ0v) is 35.0. The number of piperazine rings is 2. The number of amides is 1. The Hall–Kier alpha value is -4.87. The Kier molecular flexibility index (Phi) is 13.5. The molecule has 0 unspecified atom stereocenters. The number of halogens is 2. The first-order valence-corrected chi connectivity index (χ1v) is 21.0. The van der Waals surface area contributed by atoms with Gasteiger partial charge in [0.2, 0.25) is 19.7 Å². The molecule has 2 aromatic heterocycles. The van der Waals surface area contributed by atoms with Crippen molar-refractivity contribution < 1.29 is 26.4 Å². The monoisotopic (exact) mass is 856 g/mol. The lowest BCUT2D eigenvalue weighted by atomic mass is 10.2. The fraction of sp³-hybridized carbons (Fsp3) is 0.308. The number of fused-ring (bicyclic) bond motifs is 2. The number of sulfone groups is 2. The van der Waals surface area contributed by atoms with E-state index in [1.807, 2.05) is 51.1 Å². The fourth-order valence-electron chi connectivity index (χ4n) is 6.76. The predicted molar refractivity (Wildman–Crippen MR) is 226 cm³/mol. The van der Waals surface area contributed by atoms with Gasteiger partial charge < -0.3 is 24.8 Å². The molecule has 3 N–H and O–H groups in total. The maximum Gasteiger partial charge on any atom is 0.410 e. The Morgan fingerprint density at radius 1 is 0.596 bits per heavy atom. The van der Waals surface area contributed by atoms with E-state index in [2.05, 4.69) is 35.5 Å². The summed E-state index contributed by atoms with van der Waals surface area (Å²) in [6, 6.07) is 28.0. The van der Waals surface area contributed by atoms with Crippen molar-refractivity contribution in [2.45, 2.75) is 46.2 Å². The van der Waals surface area contributed by atoms with Crippen molar-refractivity contribution >= 4 is 83.8 Å². The van der Waals surface area contributed by atoms with Gasteiger partial charge in [-0.2, -0.15) is 10.2 Å². The summed E-state index contributed by atoms with van der Waals surface area (Å²) < 4.78 is 58.1. The number of anilines is 2. The maximum absolute atomic E-state index is 13.3. The molecule has 0 spiro atoms. The third-order valence-electron chi connectivity index (χ3n) is 9.43. The van der Waals surface area contributed by atoms with E-state index in [1.54, 1.807) is 71.6 Å². The van der Waals surface area contributed by atoms with Crippen molar-refractivity contribution in [3.63, 3.8) is 0 Å². The standard InChI is InChI=1S/C22H26N4O4S.C17H18N4O2S.2ClH/c1-22(2,3)30-21(27)26-14-12-25(13-15-26)18-11-7-10-17-19(18)20(24-23-17)31(28,29)16-8-5-4-6-9-16;22-24(23,13-5-2-1-3-6-13)17-16-14(19-20-17)7-4-8-15(16)21-11-9-18-10-12-21;;/h4-11H,12-15H2,1-3H3,(H,23,24);1-8,18H,9-12H2,(H,19,20);2*1H. The van der Waals surface area contributed by atoms with Crippen LogP contribution in [0.4, 0.5) is 16.2 Å². The van der Waals surface area contributed by atoms with Gasteiger partial charge in [0, 0.05) is 63.7 Å². The van der Waals surface area contributed by atoms with Crippen molar-refractivity contribution in [1.29, 1.82) is 0 Å². The van der Waals surface area contributed by atoms with E-state index in [-0.39, 0.29) is 50.8 Å². The smallest absolute Gasteiger partial charge is 0.410 e. The van der Waals surface area contributed by atoms with Crippen molar-refractivity contribution in [3.8, 4) is 0 Å². The summed E-state index contributed by atoms with van der Waals surface area (Å²) >= 11 is 0. The number of carbonyl (C=O) groups excluding carboxylic acids is 1. The molecule has 0 saturated carbocycles. The Balaban J connectivity index is 0.000000216. The molecular formula is C39H46Cl2N8O6S2. The van der Waals surface area contributed by atoms with Crippen LogP contribution >= 0.6 is 24.8 Å². The average Bonchev–Trinajstić information content (AvgIpc) is 3.85. The zero-order valence-electron chi connectivity index (χ0n) is 31.7. The van der Waals surface area contributed by atoms with Crippen LogP contribution in [0.3, 0.4) is 0 Å². The van der Waals surface area contributed by atoms with Crippen molar-refractivity contribution in [3.05, 3.63) is 97.1 Å². The minimum absolute atomic E-state index is 0. The van der Waals surface area contributed by atoms with Crippen LogP contribution in [0.1, 0.15) is 20.8 Å². The lowest BCUT2D eigenvalue weighted by Gasteiger charge is -2.37. The lowest BCUT2D eigenvalue weighted by molar-refractivity contribution is 0.0240. The van der Waals surface area contributed by atoms with Crippen LogP contribution in [0.15, 0.2) is 117 Å². The van der Waals surface area contributed by atoms with E-state index in [0.717, 1.165) is 37.6 Å². The highest BCUT2D eigenvalue weighted by Gasteiger charge is 2.30. The minimum Gasteiger partial charge on any atom is -0.444 e. The number of aromatic nitrogens is 4. The molecule has 0 radical (unpaired) electrons. The number of ether oxygens (including phenoxy) is 1. The van der Waals surface area contributed by atoms with Gasteiger partial charge in [0.05, 0.1) is 31.6 Å². The SMILES string of the molecule is CC(C)(C)OC(=O)N1CCN(c2cccc3n[nH]c(S(=O)(=O)c4ccccc4)c23)CC1.Cl.Cl.O=S(=O)(c1ccccc1)c1[nH]nc2cccc(N3CCNCC3)c12. The fourth-order valence-corrected chi connectivity index (χ4v) is 9.54. The second-order valence-corrected chi connectivity index (χ2v) is 18.0.